The van der Waals surface area contributed by atoms with E-state index in [1.807, 2.05) is 12.1 Å². The summed E-state index contributed by atoms with van der Waals surface area (Å²) < 4.78 is 0. The lowest BCUT2D eigenvalue weighted by Gasteiger charge is -2.59. The quantitative estimate of drug-likeness (QED) is 0.571. The maximum Gasteiger partial charge on any atom is 0.185 e. The van der Waals surface area contributed by atoms with Gasteiger partial charge in [-0.25, -0.2) is 0 Å². The lowest BCUT2D eigenvalue weighted by atomic mass is 9.48. The Morgan fingerprint density at radius 2 is 1.86 bits per heavy atom. The molecular formula is C17H25N3S2. The molecule has 5 rings (SSSR count). The number of thiocarbonyl (C=S) groups is 1. The molecular weight excluding hydrogens is 310 g/mol. The van der Waals surface area contributed by atoms with Crippen LogP contribution in [0.4, 0.5) is 5.00 Å². The molecule has 4 aliphatic rings. The van der Waals surface area contributed by atoms with Crippen molar-refractivity contribution in [3.63, 3.8) is 0 Å². The highest BCUT2D eigenvalue weighted by molar-refractivity contribution is 7.80. The van der Waals surface area contributed by atoms with Gasteiger partial charge in [0.25, 0.3) is 0 Å². The normalized spacial score (nSPS) is 36.9. The number of anilines is 1. The number of hydrogen-bond acceptors (Lipinski definition) is 3. The van der Waals surface area contributed by atoms with Gasteiger partial charge >= 0.3 is 0 Å². The Hall–Kier alpha value is -0.810. The SMILES string of the molecule is C[C@H](NC(=S)NNc1cccs1)C12CC3CC(CC(C3)C1)C2. The van der Waals surface area contributed by atoms with Crippen LogP contribution in [0.5, 0.6) is 0 Å². The molecule has 120 valence electrons. The van der Waals surface area contributed by atoms with Gasteiger partial charge in [-0.15, -0.1) is 11.3 Å². The molecule has 4 bridgehead atoms. The van der Waals surface area contributed by atoms with Crippen molar-refractivity contribution in [3.8, 4) is 0 Å². The summed E-state index contributed by atoms with van der Waals surface area (Å²) in [5.41, 5.74) is 6.79. The summed E-state index contributed by atoms with van der Waals surface area (Å²) >= 11 is 7.15. The lowest BCUT2D eigenvalue weighted by molar-refractivity contribution is -0.0672. The van der Waals surface area contributed by atoms with Crippen molar-refractivity contribution >= 4 is 33.7 Å². The zero-order valence-electron chi connectivity index (χ0n) is 13.1. The van der Waals surface area contributed by atoms with Crippen molar-refractivity contribution in [2.45, 2.75) is 51.5 Å². The molecule has 0 radical (unpaired) electrons. The highest BCUT2D eigenvalue weighted by Crippen LogP contribution is 2.61. The zero-order chi connectivity index (χ0) is 15.2. The Kier molecular flexibility index (Phi) is 3.81. The maximum atomic E-state index is 5.48. The first-order valence-electron chi connectivity index (χ1n) is 8.49. The van der Waals surface area contributed by atoms with E-state index in [1.165, 1.54) is 38.5 Å². The molecule has 0 aliphatic heterocycles. The molecule has 1 atom stereocenters. The molecule has 0 aromatic carbocycles. The Morgan fingerprint density at radius 1 is 1.23 bits per heavy atom. The van der Waals surface area contributed by atoms with Gasteiger partial charge in [-0.1, -0.05) is 0 Å². The van der Waals surface area contributed by atoms with E-state index in [1.54, 1.807) is 11.3 Å². The van der Waals surface area contributed by atoms with E-state index in [4.69, 9.17) is 12.2 Å². The van der Waals surface area contributed by atoms with Crippen LogP contribution in [0.15, 0.2) is 17.5 Å². The molecule has 1 heterocycles. The van der Waals surface area contributed by atoms with Crippen LogP contribution in [0, 0.1) is 23.2 Å². The Bertz CT molecular complexity index is 505. The summed E-state index contributed by atoms with van der Waals surface area (Å²) in [6.07, 6.45) is 8.72. The molecule has 0 amide bonds. The molecule has 1 aromatic rings. The second kappa shape index (κ2) is 5.68. The van der Waals surface area contributed by atoms with Crippen molar-refractivity contribution in [2.75, 3.05) is 5.43 Å². The number of hydrazine groups is 1. The van der Waals surface area contributed by atoms with Crippen molar-refractivity contribution in [1.82, 2.24) is 10.7 Å². The summed E-state index contributed by atoms with van der Waals surface area (Å²) in [5, 5.41) is 7.42. The number of hydrogen-bond donors (Lipinski definition) is 3. The molecule has 3 nitrogen and oxygen atoms in total. The molecule has 0 unspecified atom stereocenters. The summed E-state index contributed by atoms with van der Waals surface area (Å²) in [4.78, 5) is 0. The molecule has 0 spiro atoms. The monoisotopic (exact) mass is 335 g/mol. The van der Waals surface area contributed by atoms with E-state index >= 15 is 0 Å². The van der Waals surface area contributed by atoms with Gasteiger partial charge in [0.15, 0.2) is 5.11 Å². The minimum Gasteiger partial charge on any atom is -0.358 e. The van der Waals surface area contributed by atoms with E-state index in [9.17, 15) is 0 Å². The largest absolute Gasteiger partial charge is 0.358 e. The number of nitrogens with one attached hydrogen (secondary N) is 3. The Balaban J connectivity index is 1.35. The van der Waals surface area contributed by atoms with E-state index in [-0.39, 0.29) is 0 Å². The van der Waals surface area contributed by atoms with Gasteiger partial charge in [-0.3, -0.25) is 10.9 Å². The van der Waals surface area contributed by atoms with E-state index in [2.05, 4.69) is 28.5 Å². The predicted molar refractivity (Wildman–Crippen MR) is 96.9 cm³/mol. The molecule has 0 saturated heterocycles. The van der Waals surface area contributed by atoms with Gasteiger partial charge in [0.05, 0.1) is 0 Å². The smallest absolute Gasteiger partial charge is 0.185 e. The first-order valence-corrected chi connectivity index (χ1v) is 9.78. The highest BCUT2D eigenvalue weighted by atomic mass is 32.1. The van der Waals surface area contributed by atoms with Crippen LogP contribution in [0.1, 0.15) is 45.4 Å². The average Bonchev–Trinajstić information content (AvgIpc) is 2.97. The lowest BCUT2D eigenvalue weighted by Crippen LogP contribution is -2.57. The summed E-state index contributed by atoms with van der Waals surface area (Å²) in [6, 6.07) is 4.54. The molecule has 3 N–H and O–H groups in total. The molecule has 5 heteroatoms. The fourth-order valence-electron chi connectivity index (χ4n) is 5.56. The number of rotatable bonds is 4. The van der Waals surface area contributed by atoms with Crippen LogP contribution < -0.4 is 16.2 Å². The topological polar surface area (TPSA) is 36.1 Å². The van der Waals surface area contributed by atoms with Crippen molar-refractivity contribution in [3.05, 3.63) is 17.5 Å². The van der Waals surface area contributed by atoms with E-state index in [0.29, 0.717) is 11.5 Å². The van der Waals surface area contributed by atoms with Gasteiger partial charge in [0, 0.05) is 6.04 Å². The van der Waals surface area contributed by atoms with Gasteiger partial charge < -0.3 is 5.32 Å². The fourth-order valence-corrected chi connectivity index (χ4v) is 6.36. The van der Waals surface area contributed by atoms with Crippen LogP contribution in [-0.4, -0.2) is 11.2 Å². The molecule has 4 saturated carbocycles. The third-order valence-electron chi connectivity index (χ3n) is 6.17. The van der Waals surface area contributed by atoms with Crippen molar-refractivity contribution in [1.29, 1.82) is 0 Å². The minimum atomic E-state index is 0.464. The minimum absolute atomic E-state index is 0.464. The summed E-state index contributed by atoms with van der Waals surface area (Å²) in [6.45, 7) is 2.34. The standard InChI is InChI=1S/C17H25N3S2/c1-11(18-16(21)20-19-15-3-2-4-22-15)17-8-12-5-13(9-17)7-14(6-12)10-17/h2-4,11-14,19H,5-10H2,1H3,(H2,18,20,21)/t11-,12?,13?,14?,17?/m0/s1. The second-order valence-corrected chi connectivity index (χ2v) is 9.06. The third-order valence-corrected chi connectivity index (χ3v) is 7.18. The van der Waals surface area contributed by atoms with Crippen LogP contribution in [0.3, 0.4) is 0 Å². The molecule has 4 aliphatic carbocycles. The second-order valence-electron chi connectivity index (χ2n) is 7.70. The van der Waals surface area contributed by atoms with Crippen LogP contribution in [0.2, 0.25) is 0 Å². The summed E-state index contributed by atoms with van der Waals surface area (Å²) in [5.74, 6) is 2.96. The van der Waals surface area contributed by atoms with Crippen LogP contribution >= 0.6 is 23.6 Å². The molecule has 22 heavy (non-hydrogen) atoms. The first kappa shape index (κ1) is 14.8. The van der Waals surface area contributed by atoms with Crippen molar-refractivity contribution < 1.29 is 0 Å². The van der Waals surface area contributed by atoms with E-state index < -0.39 is 0 Å². The van der Waals surface area contributed by atoms with Gasteiger partial charge in [0.1, 0.15) is 5.00 Å². The third kappa shape index (κ3) is 2.73. The van der Waals surface area contributed by atoms with Gasteiger partial charge in [-0.05, 0) is 98.3 Å². The maximum absolute atomic E-state index is 5.48. The molecule has 4 fully saturated rings. The Morgan fingerprint density at radius 3 is 2.41 bits per heavy atom. The van der Waals surface area contributed by atoms with Crippen molar-refractivity contribution in [2.24, 2.45) is 23.2 Å². The zero-order valence-corrected chi connectivity index (χ0v) is 14.7. The Labute approximate surface area is 142 Å². The predicted octanol–water partition coefficient (Wildman–Crippen LogP) is 4.14. The fraction of sp³-hybridized carbons (Fsp3) is 0.706. The van der Waals surface area contributed by atoms with Crippen LogP contribution in [0.25, 0.3) is 0 Å². The number of thiophene rings is 1. The molecule has 1 aromatic heterocycles. The van der Waals surface area contributed by atoms with Gasteiger partial charge in [0.2, 0.25) is 0 Å². The first-order chi connectivity index (χ1) is 10.6. The van der Waals surface area contributed by atoms with Crippen LogP contribution in [-0.2, 0) is 0 Å². The average molecular weight is 336 g/mol. The van der Waals surface area contributed by atoms with Gasteiger partial charge in [-0.2, -0.15) is 0 Å². The highest BCUT2D eigenvalue weighted by Gasteiger charge is 2.53. The summed E-state index contributed by atoms with van der Waals surface area (Å²) in [7, 11) is 0. The van der Waals surface area contributed by atoms with E-state index in [0.717, 1.165) is 27.9 Å².